The first-order chi connectivity index (χ1) is 36.0. The van der Waals surface area contributed by atoms with Crippen molar-refractivity contribution in [2.24, 2.45) is 23.7 Å². The SMILES string of the molecule is CN(C)c1ccc2c(-c3ccc(NC(=S)NC4=CC5CC6C=C(S(=O)(=O)O)C=C(CC7C=C(S(=O)(=O)O)C=C(CC8=CC(S(=O)(=O)O)=CC(CC(=C4)C5O)C8O)C7O)C6O)cc3C(=O)O)c3ccc(=[N+](C)C)cc-3oc2c1. The number of aromatic carboxylic acids is 1. The van der Waals surface area contributed by atoms with E-state index in [0.29, 0.717) is 33.4 Å². The van der Waals surface area contributed by atoms with E-state index in [1.807, 2.05) is 74.1 Å². The molecule has 8 atom stereocenters. The summed E-state index contributed by atoms with van der Waals surface area (Å²) in [5, 5.41) is 66.0. The van der Waals surface area contributed by atoms with E-state index in [1.165, 1.54) is 18.2 Å². The minimum absolute atomic E-state index is 0.0706. The Morgan fingerprint density at radius 2 is 1.17 bits per heavy atom. The van der Waals surface area contributed by atoms with Crippen LogP contribution in [0.2, 0.25) is 0 Å². The van der Waals surface area contributed by atoms with Gasteiger partial charge in [0.25, 0.3) is 30.4 Å². The zero-order valence-corrected chi connectivity index (χ0v) is 44.9. The van der Waals surface area contributed by atoms with Crippen molar-refractivity contribution in [2.45, 2.75) is 50.1 Å². The second-order valence-corrected chi connectivity index (χ2v) is 24.8. The topological polar surface area (TPSA) is 325 Å². The molecule has 6 aliphatic carbocycles. The molecule has 8 unspecified atom stereocenters. The fourth-order valence-electron chi connectivity index (χ4n) is 10.7. The lowest BCUT2D eigenvalue weighted by atomic mass is 9.73. The average Bonchev–Trinajstić information content (AvgIpc) is 3.46. The van der Waals surface area contributed by atoms with Crippen LogP contribution in [0.5, 0.6) is 0 Å². The van der Waals surface area contributed by atoms with Gasteiger partial charge in [-0.05, 0) is 120 Å². The van der Waals surface area contributed by atoms with Gasteiger partial charge in [-0.3, -0.25) is 13.7 Å². The van der Waals surface area contributed by atoms with E-state index < -0.39 is 112 Å². The maximum atomic E-state index is 13.2. The molecule has 0 saturated heterocycles. The van der Waals surface area contributed by atoms with Gasteiger partial charge in [0.05, 0.1) is 50.8 Å². The van der Waals surface area contributed by atoms with Crippen LogP contribution < -0.4 is 25.5 Å². The Labute approximate surface area is 448 Å². The zero-order chi connectivity index (χ0) is 55.8. The summed E-state index contributed by atoms with van der Waals surface area (Å²) in [7, 11) is -7.34. The lowest BCUT2D eigenvalue weighted by Crippen LogP contribution is -2.37. The van der Waals surface area contributed by atoms with Gasteiger partial charge in [0.2, 0.25) is 5.36 Å². The number of hydrogen-bond donors (Lipinski definition) is 10. The van der Waals surface area contributed by atoms with Crippen molar-refractivity contribution in [2.75, 3.05) is 38.4 Å². The standard InChI is InChI=1S/C53H54N4O16S4/c1-56(2)36-6-9-42-45(24-36)73-46-25-37(57(3)4)7-10-43(46)47(42)41-8-5-34(23-44(41)52(62)63)54-53(74)55-35-15-26-11-28-17-38(75(64,65)66)19-30(49(28)59)13-32-21-40(77(70,71)72)22-33(51(32)61)14-31-20-39(76(67,68)69)18-29(50(31)60)12-27(16-35)48(26)58/h5-10,15-26,28-29,32,48-51,58-61H,11-14H2,1-4H3,(H5,55,62,63,64,65,66,67,68,69,70,71,72,74)/p+1. The van der Waals surface area contributed by atoms with Crippen LogP contribution in [0.25, 0.3) is 33.4 Å². The number of nitrogens with one attached hydrogen (secondary N) is 2. The summed E-state index contributed by atoms with van der Waals surface area (Å²) in [5.74, 6) is -5.45. The van der Waals surface area contributed by atoms with Gasteiger partial charge < -0.3 is 45.5 Å². The van der Waals surface area contributed by atoms with Gasteiger partial charge in [-0.2, -0.15) is 25.3 Å². The fraction of sp³-hybridized carbons (Fsp3) is 0.302. The highest BCUT2D eigenvalue weighted by Gasteiger charge is 2.40. The zero-order valence-electron chi connectivity index (χ0n) is 41.6. The molecule has 24 heteroatoms. The second-order valence-electron chi connectivity index (χ2n) is 20.2. The summed E-state index contributed by atoms with van der Waals surface area (Å²) in [6.45, 7) is 0. The van der Waals surface area contributed by atoms with Crippen molar-refractivity contribution in [3.05, 3.63) is 157 Å². The number of aliphatic hydroxyl groups excluding tert-OH is 4. The Morgan fingerprint density at radius 1 is 0.649 bits per heavy atom. The molecule has 9 rings (SSSR count). The number of nitrogens with zero attached hydrogens (tertiary/aromatic N) is 2. The van der Waals surface area contributed by atoms with Crippen LogP contribution in [0.15, 0.2) is 150 Å². The van der Waals surface area contributed by atoms with E-state index in [1.54, 1.807) is 12.1 Å². The Morgan fingerprint density at radius 3 is 1.71 bits per heavy atom. The molecule has 20 nitrogen and oxygen atoms in total. The number of allylic oxidation sites excluding steroid dienone is 4. The maximum absolute atomic E-state index is 13.2. The van der Waals surface area contributed by atoms with Crippen LogP contribution in [-0.2, 0) is 30.4 Å². The third-order valence-corrected chi connectivity index (χ3v) is 17.3. The molecule has 2 aromatic rings. The largest absolute Gasteiger partial charge is 0.478 e. The molecule has 2 aromatic carbocycles. The van der Waals surface area contributed by atoms with Crippen LogP contribution >= 0.6 is 12.2 Å². The maximum Gasteiger partial charge on any atom is 0.336 e. The molecule has 10 N–H and O–H groups in total. The van der Waals surface area contributed by atoms with Crippen molar-refractivity contribution in [3.63, 3.8) is 0 Å². The molecule has 1 aliphatic heterocycles. The van der Waals surface area contributed by atoms with Crippen molar-refractivity contribution in [1.29, 1.82) is 0 Å². The first kappa shape index (κ1) is 55.3. The first-order valence-electron chi connectivity index (χ1n) is 24.0. The summed E-state index contributed by atoms with van der Waals surface area (Å²) >= 11 is 5.78. The summed E-state index contributed by atoms with van der Waals surface area (Å²) in [6, 6.07) is 16.0. The van der Waals surface area contributed by atoms with Crippen LogP contribution in [-0.4, -0.2) is 128 Å². The minimum atomic E-state index is -4.98. The van der Waals surface area contributed by atoms with Crippen molar-refractivity contribution >= 4 is 76.0 Å². The van der Waals surface area contributed by atoms with E-state index >= 15 is 0 Å². The van der Waals surface area contributed by atoms with Crippen molar-refractivity contribution in [3.8, 4) is 22.5 Å². The summed E-state index contributed by atoms with van der Waals surface area (Å²) in [4.78, 5) is 13.2. The number of fused-ring (bicyclic) bond motifs is 10. The van der Waals surface area contributed by atoms with Crippen LogP contribution in [0.1, 0.15) is 36.0 Å². The highest BCUT2D eigenvalue weighted by atomic mass is 32.2. The van der Waals surface area contributed by atoms with Crippen LogP contribution in [0.3, 0.4) is 0 Å². The molecule has 77 heavy (non-hydrogen) atoms. The van der Waals surface area contributed by atoms with Gasteiger partial charge in [0.15, 0.2) is 5.11 Å². The molecule has 8 bridgehead atoms. The number of carbonyl (C=O) groups is 1. The van der Waals surface area contributed by atoms with E-state index in [4.69, 9.17) is 16.6 Å². The summed E-state index contributed by atoms with van der Waals surface area (Å²) in [5.41, 5.74) is 3.25. The molecule has 0 amide bonds. The lowest BCUT2D eigenvalue weighted by Gasteiger charge is -2.37. The molecule has 0 aromatic heterocycles. The van der Waals surface area contributed by atoms with Crippen molar-refractivity contribution < 1.29 is 73.7 Å². The van der Waals surface area contributed by atoms with Gasteiger partial charge in [-0.1, -0.05) is 30.4 Å². The average molecular weight is 1130 g/mol. The molecule has 0 spiro atoms. The summed E-state index contributed by atoms with van der Waals surface area (Å²) < 4.78 is 115. The number of aliphatic hydroxyl groups is 4. The predicted octanol–water partition coefficient (Wildman–Crippen LogP) is 4.73. The molecule has 1 fully saturated rings. The molecule has 406 valence electrons. The molecule has 7 aliphatic rings. The monoisotopic (exact) mass is 1130 g/mol. The number of benzene rings is 3. The molecular formula is C53H55N4O16S4+. The number of hydrogen-bond acceptors (Lipinski definition) is 14. The number of thiocarbonyl (C=S) groups is 1. The predicted molar refractivity (Wildman–Crippen MR) is 292 cm³/mol. The van der Waals surface area contributed by atoms with Gasteiger partial charge >= 0.3 is 5.97 Å². The highest BCUT2D eigenvalue weighted by molar-refractivity contribution is 7.90. The Kier molecular flexibility index (Phi) is 14.9. The minimum Gasteiger partial charge on any atom is -0.478 e. The van der Waals surface area contributed by atoms with Gasteiger partial charge in [-0.25, -0.2) is 9.37 Å². The van der Waals surface area contributed by atoms with Gasteiger partial charge in [0, 0.05) is 83.5 Å². The van der Waals surface area contributed by atoms with E-state index in [0.717, 1.165) is 47.5 Å². The molecule has 1 heterocycles. The van der Waals surface area contributed by atoms with Gasteiger partial charge in [0.1, 0.15) is 25.4 Å². The first-order valence-corrected chi connectivity index (χ1v) is 28.7. The van der Waals surface area contributed by atoms with E-state index in [2.05, 4.69) is 10.6 Å². The Balaban J connectivity index is 1.10. The third kappa shape index (κ3) is 11.5. The molecule has 1 saturated carbocycles. The number of carboxylic acid groups (broad SMARTS) is 1. The van der Waals surface area contributed by atoms with Crippen molar-refractivity contribution in [1.82, 2.24) is 9.89 Å². The highest BCUT2D eigenvalue weighted by Crippen LogP contribution is 2.45. The third-order valence-electron chi connectivity index (χ3n) is 14.5. The second kappa shape index (κ2) is 20.8. The fourth-order valence-corrected chi connectivity index (χ4v) is 12.9. The number of rotatable bonds is 8. The number of carboxylic acids is 1. The van der Waals surface area contributed by atoms with Crippen LogP contribution in [0, 0.1) is 23.7 Å². The van der Waals surface area contributed by atoms with Gasteiger partial charge in [-0.15, -0.1) is 0 Å². The lowest BCUT2D eigenvalue weighted by molar-refractivity contribution is 0.0697. The summed E-state index contributed by atoms with van der Waals surface area (Å²) in [6.07, 6.45) is 1.34. The number of anilines is 2. The molecular weight excluding hydrogens is 1080 g/mol. The Hall–Kier alpha value is -6.42. The Bertz CT molecular complexity index is 3840. The molecule has 0 radical (unpaired) electrons. The van der Waals surface area contributed by atoms with E-state index in [-0.39, 0.29) is 57.2 Å². The van der Waals surface area contributed by atoms with E-state index in [9.17, 15) is 69.2 Å². The normalized spacial score (nSPS) is 24.9. The quantitative estimate of drug-likeness (QED) is 0.0493. The van der Waals surface area contributed by atoms with Crippen LogP contribution in [0.4, 0.5) is 11.4 Å². The smallest absolute Gasteiger partial charge is 0.336 e.